The van der Waals surface area contributed by atoms with Crippen LogP contribution in [0.4, 0.5) is 0 Å². The fourth-order valence-electron chi connectivity index (χ4n) is 1.39. The van der Waals surface area contributed by atoms with Crippen LogP contribution in [0.2, 0.25) is 0 Å². The SMILES string of the molecule is COC(=O)c1cc2c(cn1)cnn2C(C)=O. The molecule has 0 saturated heterocycles. The third kappa shape index (κ3) is 1.54. The summed E-state index contributed by atoms with van der Waals surface area (Å²) in [6.45, 7) is 1.39. The molecular weight excluding hydrogens is 210 g/mol. The summed E-state index contributed by atoms with van der Waals surface area (Å²) in [6.07, 6.45) is 3.00. The van der Waals surface area contributed by atoms with Crippen LogP contribution >= 0.6 is 0 Å². The van der Waals surface area contributed by atoms with Gasteiger partial charge in [-0.1, -0.05) is 0 Å². The molecule has 0 atom stereocenters. The molecule has 6 nitrogen and oxygen atoms in total. The largest absolute Gasteiger partial charge is 0.464 e. The van der Waals surface area contributed by atoms with Crippen molar-refractivity contribution in [2.24, 2.45) is 0 Å². The van der Waals surface area contributed by atoms with Crippen LogP contribution in [-0.4, -0.2) is 33.8 Å². The third-order valence-corrected chi connectivity index (χ3v) is 2.15. The summed E-state index contributed by atoms with van der Waals surface area (Å²) in [5.41, 5.74) is 0.695. The third-order valence-electron chi connectivity index (χ3n) is 2.15. The lowest BCUT2D eigenvalue weighted by molar-refractivity contribution is 0.0594. The van der Waals surface area contributed by atoms with Crippen molar-refractivity contribution in [3.8, 4) is 0 Å². The molecule has 0 aromatic carbocycles. The van der Waals surface area contributed by atoms with E-state index >= 15 is 0 Å². The number of hydrogen-bond acceptors (Lipinski definition) is 5. The Hall–Kier alpha value is -2.24. The van der Waals surface area contributed by atoms with E-state index < -0.39 is 5.97 Å². The Kier molecular flexibility index (Phi) is 2.40. The first-order valence-corrected chi connectivity index (χ1v) is 4.56. The van der Waals surface area contributed by atoms with Crippen molar-refractivity contribution in [2.75, 3.05) is 7.11 Å². The Morgan fingerprint density at radius 2 is 2.12 bits per heavy atom. The molecule has 2 aromatic rings. The van der Waals surface area contributed by atoms with Gasteiger partial charge in [-0.2, -0.15) is 5.10 Å². The van der Waals surface area contributed by atoms with E-state index in [4.69, 9.17) is 0 Å². The Bertz CT molecular complexity index is 574. The summed E-state index contributed by atoms with van der Waals surface area (Å²) in [5.74, 6) is -0.768. The summed E-state index contributed by atoms with van der Waals surface area (Å²) in [4.78, 5) is 26.4. The number of methoxy groups -OCH3 is 1. The van der Waals surface area contributed by atoms with Crippen LogP contribution in [0, 0.1) is 0 Å². The van der Waals surface area contributed by atoms with Gasteiger partial charge in [0, 0.05) is 18.5 Å². The first-order valence-electron chi connectivity index (χ1n) is 4.56. The maximum atomic E-state index is 11.3. The zero-order valence-corrected chi connectivity index (χ0v) is 8.80. The normalized spacial score (nSPS) is 10.4. The highest BCUT2D eigenvalue weighted by Gasteiger charge is 2.12. The van der Waals surface area contributed by atoms with E-state index in [0.29, 0.717) is 10.9 Å². The molecule has 2 heterocycles. The molecule has 0 radical (unpaired) electrons. The van der Waals surface area contributed by atoms with Crippen LogP contribution in [0.25, 0.3) is 10.9 Å². The van der Waals surface area contributed by atoms with Gasteiger partial charge in [0.2, 0.25) is 5.91 Å². The van der Waals surface area contributed by atoms with Gasteiger partial charge in [0.05, 0.1) is 18.8 Å². The zero-order chi connectivity index (χ0) is 11.7. The maximum absolute atomic E-state index is 11.3. The minimum Gasteiger partial charge on any atom is -0.464 e. The van der Waals surface area contributed by atoms with Crippen molar-refractivity contribution < 1.29 is 14.3 Å². The first-order chi connectivity index (χ1) is 7.63. The fourth-order valence-corrected chi connectivity index (χ4v) is 1.39. The van der Waals surface area contributed by atoms with Crippen LogP contribution in [0.3, 0.4) is 0 Å². The Morgan fingerprint density at radius 3 is 2.75 bits per heavy atom. The zero-order valence-electron chi connectivity index (χ0n) is 8.80. The Morgan fingerprint density at radius 1 is 1.38 bits per heavy atom. The molecule has 0 aliphatic rings. The minimum absolute atomic E-state index is 0.151. The van der Waals surface area contributed by atoms with Gasteiger partial charge in [-0.15, -0.1) is 0 Å². The number of nitrogens with zero attached hydrogens (tertiary/aromatic N) is 3. The number of carbonyl (C=O) groups is 2. The van der Waals surface area contributed by atoms with Crippen LogP contribution in [0.15, 0.2) is 18.5 Å². The lowest BCUT2D eigenvalue weighted by Crippen LogP contribution is -2.08. The van der Waals surface area contributed by atoms with Gasteiger partial charge in [-0.05, 0) is 6.07 Å². The van der Waals surface area contributed by atoms with Gasteiger partial charge in [-0.3, -0.25) is 4.79 Å². The molecule has 0 bridgehead atoms. The highest BCUT2D eigenvalue weighted by molar-refractivity contribution is 5.94. The number of rotatable bonds is 1. The lowest BCUT2D eigenvalue weighted by atomic mass is 10.3. The second-order valence-corrected chi connectivity index (χ2v) is 3.20. The highest BCUT2D eigenvalue weighted by atomic mass is 16.5. The standard InChI is InChI=1S/C10H9N3O3/c1-6(14)13-9-3-8(10(15)16-2)11-4-7(9)5-12-13/h3-5H,1-2H3. The van der Waals surface area contributed by atoms with Gasteiger partial charge in [0.25, 0.3) is 0 Å². The molecule has 0 unspecified atom stereocenters. The van der Waals surface area contributed by atoms with Crippen molar-refractivity contribution >= 4 is 22.8 Å². The van der Waals surface area contributed by atoms with E-state index in [0.717, 1.165) is 0 Å². The van der Waals surface area contributed by atoms with E-state index in [9.17, 15) is 9.59 Å². The van der Waals surface area contributed by atoms with Crippen LogP contribution in [-0.2, 0) is 4.74 Å². The van der Waals surface area contributed by atoms with E-state index in [2.05, 4.69) is 14.8 Å². The van der Waals surface area contributed by atoms with Crippen molar-refractivity contribution in [1.29, 1.82) is 0 Å². The van der Waals surface area contributed by atoms with Gasteiger partial charge in [0.1, 0.15) is 0 Å². The summed E-state index contributed by atoms with van der Waals surface area (Å²) in [5, 5.41) is 4.59. The molecule has 0 amide bonds. The number of aromatic nitrogens is 3. The average molecular weight is 219 g/mol. The van der Waals surface area contributed by atoms with Crippen molar-refractivity contribution in [3.63, 3.8) is 0 Å². The van der Waals surface area contributed by atoms with E-state index in [1.54, 1.807) is 0 Å². The van der Waals surface area contributed by atoms with E-state index in [-0.39, 0.29) is 11.6 Å². The predicted octanol–water partition coefficient (Wildman–Crippen LogP) is 0.878. The van der Waals surface area contributed by atoms with Crippen molar-refractivity contribution in [2.45, 2.75) is 6.92 Å². The number of fused-ring (bicyclic) bond motifs is 1. The lowest BCUT2D eigenvalue weighted by Gasteiger charge is -2.00. The molecule has 2 aromatic heterocycles. The van der Waals surface area contributed by atoms with E-state index in [1.807, 2.05) is 0 Å². The minimum atomic E-state index is -0.543. The first kappa shape index (κ1) is 10.3. The number of ether oxygens (including phenoxy) is 1. The van der Waals surface area contributed by atoms with Gasteiger partial charge >= 0.3 is 5.97 Å². The summed E-state index contributed by atoms with van der Waals surface area (Å²) >= 11 is 0. The molecule has 0 aliphatic carbocycles. The Labute approximate surface area is 90.8 Å². The van der Waals surface area contributed by atoms with Gasteiger partial charge in [0.15, 0.2) is 5.69 Å². The molecule has 0 saturated carbocycles. The molecule has 82 valence electrons. The molecule has 16 heavy (non-hydrogen) atoms. The quantitative estimate of drug-likeness (QED) is 0.665. The molecule has 6 heteroatoms. The summed E-state index contributed by atoms with van der Waals surface area (Å²) in [6, 6.07) is 1.48. The Balaban J connectivity index is 2.63. The number of pyridine rings is 1. The molecule has 0 fully saturated rings. The van der Waals surface area contributed by atoms with Crippen molar-refractivity contribution in [3.05, 3.63) is 24.2 Å². The van der Waals surface area contributed by atoms with Crippen LogP contribution in [0.5, 0.6) is 0 Å². The smallest absolute Gasteiger partial charge is 0.356 e. The number of carbonyl (C=O) groups excluding carboxylic acids is 2. The topological polar surface area (TPSA) is 74.1 Å². The van der Waals surface area contributed by atoms with Crippen LogP contribution in [0.1, 0.15) is 22.2 Å². The monoisotopic (exact) mass is 219 g/mol. The van der Waals surface area contributed by atoms with E-state index in [1.165, 1.54) is 37.2 Å². The summed E-state index contributed by atoms with van der Waals surface area (Å²) in [7, 11) is 1.27. The molecule has 0 N–H and O–H groups in total. The second-order valence-electron chi connectivity index (χ2n) is 3.20. The number of hydrogen-bond donors (Lipinski definition) is 0. The highest BCUT2D eigenvalue weighted by Crippen LogP contribution is 2.13. The fraction of sp³-hybridized carbons (Fsp3) is 0.200. The van der Waals surface area contributed by atoms with Gasteiger partial charge < -0.3 is 4.74 Å². The molecule has 0 aliphatic heterocycles. The average Bonchev–Trinajstić information content (AvgIpc) is 2.70. The maximum Gasteiger partial charge on any atom is 0.356 e. The van der Waals surface area contributed by atoms with Gasteiger partial charge in [-0.25, -0.2) is 14.5 Å². The van der Waals surface area contributed by atoms with Crippen LogP contribution < -0.4 is 0 Å². The molecule has 2 rings (SSSR count). The number of esters is 1. The molecular formula is C10H9N3O3. The predicted molar refractivity (Wildman–Crippen MR) is 55.2 cm³/mol. The summed E-state index contributed by atoms with van der Waals surface area (Å²) < 4.78 is 5.76. The second kappa shape index (κ2) is 3.73. The van der Waals surface area contributed by atoms with Crippen molar-refractivity contribution in [1.82, 2.24) is 14.8 Å². The molecule has 0 spiro atoms.